The van der Waals surface area contributed by atoms with E-state index in [2.05, 4.69) is 43.0 Å². The van der Waals surface area contributed by atoms with Gasteiger partial charge in [0.1, 0.15) is 5.82 Å². The Morgan fingerprint density at radius 1 is 1.26 bits per heavy atom. The van der Waals surface area contributed by atoms with Gasteiger partial charge in [-0.3, -0.25) is 0 Å². The molecule has 2 aliphatic carbocycles. The predicted molar refractivity (Wildman–Crippen MR) is 81.6 cm³/mol. The molecular weight excluding hydrogens is 304 g/mol. The number of hydrogen-bond donors (Lipinski definition) is 1. The monoisotopic (exact) mass is 324 g/mol. The normalized spacial score (nSPS) is 18.4. The number of aromatic nitrogens is 2. The van der Waals surface area contributed by atoms with Gasteiger partial charge in [-0.15, -0.1) is 0 Å². The molecule has 104 valence electrons. The summed E-state index contributed by atoms with van der Waals surface area (Å²) in [6.07, 6.45) is 7.38. The van der Waals surface area contributed by atoms with E-state index in [0.29, 0.717) is 0 Å². The number of halogens is 1. The first kappa shape index (κ1) is 13.2. The van der Waals surface area contributed by atoms with Crippen molar-refractivity contribution < 1.29 is 0 Å². The van der Waals surface area contributed by atoms with Crippen LogP contribution in [-0.2, 0) is 0 Å². The van der Waals surface area contributed by atoms with Crippen LogP contribution in [-0.4, -0.2) is 29.6 Å². The quantitative estimate of drug-likeness (QED) is 0.835. The molecule has 0 saturated heterocycles. The van der Waals surface area contributed by atoms with E-state index < -0.39 is 0 Å². The van der Waals surface area contributed by atoms with Crippen molar-refractivity contribution in [2.75, 3.05) is 29.9 Å². The molecule has 19 heavy (non-hydrogen) atoms. The van der Waals surface area contributed by atoms with Crippen LogP contribution in [0, 0.1) is 11.8 Å². The predicted octanol–water partition coefficient (Wildman–Crippen LogP) is 3.30. The molecule has 0 radical (unpaired) electrons. The summed E-state index contributed by atoms with van der Waals surface area (Å²) in [5.74, 6) is 3.55. The van der Waals surface area contributed by atoms with E-state index in [9.17, 15) is 0 Å². The molecule has 0 bridgehead atoms. The first-order valence-corrected chi connectivity index (χ1v) is 8.07. The molecule has 0 aromatic carbocycles. The third-order valence-electron chi connectivity index (χ3n) is 3.71. The van der Waals surface area contributed by atoms with Gasteiger partial charge in [0.2, 0.25) is 5.95 Å². The Morgan fingerprint density at radius 2 is 1.89 bits per heavy atom. The Morgan fingerprint density at radius 3 is 2.42 bits per heavy atom. The van der Waals surface area contributed by atoms with E-state index in [0.717, 1.165) is 47.7 Å². The summed E-state index contributed by atoms with van der Waals surface area (Å²) in [4.78, 5) is 11.4. The summed E-state index contributed by atoms with van der Waals surface area (Å²) in [5, 5.41) is 3.20. The number of nitrogens with one attached hydrogen (secondary N) is 1. The van der Waals surface area contributed by atoms with Crippen LogP contribution in [0.15, 0.2) is 10.7 Å². The summed E-state index contributed by atoms with van der Waals surface area (Å²) < 4.78 is 1.01. The van der Waals surface area contributed by atoms with Crippen LogP contribution in [0.1, 0.15) is 32.6 Å². The zero-order valence-corrected chi connectivity index (χ0v) is 13.0. The summed E-state index contributed by atoms with van der Waals surface area (Å²) in [6, 6.07) is 0. The molecule has 1 aromatic rings. The van der Waals surface area contributed by atoms with Crippen molar-refractivity contribution in [3.8, 4) is 0 Å². The lowest BCUT2D eigenvalue weighted by Crippen LogP contribution is -2.29. The van der Waals surface area contributed by atoms with Crippen LogP contribution >= 0.6 is 15.9 Å². The Balaban J connectivity index is 1.79. The first-order chi connectivity index (χ1) is 9.26. The van der Waals surface area contributed by atoms with Gasteiger partial charge in [0, 0.05) is 25.8 Å². The van der Waals surface area contributed by atoms with Crippen LogP contribution < -0.4 is 10.2 Å². The minimum Gasteiger partial charge on any atom is -0.355 e. The van der Waals surface area contributed by atoms with Crippen LogP contribution in [0.4, 0.5) is 11.8 Å². The second-order valence-corrected chi connectivity index (χ2v) is 6.54. The third-order valence-corrected chi connectivity index (χ3v) is 4.27. The summed E-state index contributed by atoms with van der Waals surface area (Å²) in [7, 11) is 0. The van der Waals surface area contributed by atoms with Crippen molar-refractivity contribution in [2.24, 2.45) is 11.8 Å². The van der Waals surface area contributed by atoms with Crippen molar-refractivity contribution in [3.63, 3.8) is 0 Å². The van der Waals surface area contributed by atoms with Gasteiger partial charge in [-0.05, 0) is 60.4 Å². The van der Waals surface area contributed by atoms with Gasteiger partial charge in [0.25, 0.3) is 0 Å². The zero-order chi connectivity index (χ0) is 13.2. The Bertz CT molecular complexity index is 429. The van der Waals surface area contributed by atoms with E-state index >= 15 is 0 Å². The Hall–Kier alpha value is -0.840. The highest BCUT2D eigenvalue weighted by atomic mass is 79.9. The Kier molecular flexibility index (Phi) is 3.91. The third kappa shape index (κ3) is 3.59. The fourth-order valence-corrected chi connectivity index (χ4v) is 2.74. The summed E-state index contributed by atoms with van der Waals surface area (Å²) in [6.45, 7) is 5.22. The van der Waals surface area contributed by atoms with E-state index in [1.807, 2.05) is 6.20 Å². The average molecular weight is 325 g/mol. The number of nitrogens with zero attached hydrogens (tertiary/aromatic N) is 3. The second-order valence-electron chi connectivity index (χ2n) is 5.69. The maximum absolute atomic E-state index is 4.68. The summed E-state index contributed by atoms with van der Waals surface area (Å²) in [5.41, 5.74) is 0. The lowest BCUT2D eigenvalue weighted by atomic mass is 10.3. The van der Waals surface area contributed by atoms with Gasteiger partial charge in [-0.25, -0.2) is 4.98 Å². The highest BCUT2D eigenvalue weighted by Crippen LogP contribution is 2.37. The van der Waals surface area contributed by atoms with Crippen molar-refractivity contribution in [3.05, 3.63) is 10.7 Å². The van der Waals surface area contributed by atoms with Crippen LogP contribution in [0.2, 0.25) is 0 Å². The summed E-state index contributed by atoms with van der Waals surface area (Å²) >= 11 is 3.61. The van der Waals surface area contributed by atoms with Crippen LogP contribution in [0.25, 0.3) is 0 Å². The highest BCUT2D eigenvalue weighted by molar-refractivity contribution is 9.10. The van der Waals surface area contributed by atoms with E-state index in [1.165, 1.54) is 25.7 Å². The molecule has 2 fully saturated rings. The molecule has 0 spiro atoms. The minimum atomic E-state index is 0.734. The topological polar surface area (TPSA) is 41.1 Å². The van der Waals surface area contributed by atoms with Gasteiger partial charge < -0.3 is 10.2 Å². The van der Waals surface area contributed by atoms with Gasteiger partial charge in [-0.2, -0.15) is 4.98 Å². The van der Waals surface area contributed by atoms with Crippen LogP contribution in [0.5, 0.6) is 0 Å². The molecule has 0 amide bonds. The number of rotatable bonds is 7. The first-order valence-electron chi connectivity index (χ1n) is 7.27. The van der Waals surface area contributed by atoms with Gasteiger partial charge in [0.15, 0.2) is 0 Å². The lowest BCUT2D eigenvalue weighted by Gasteiger charge is -2.25. The SMILES string of the molecule is CCNc1ncc(Br)c(N(CC2CC2)CC2CC2)n1. The minimum absolute atomic E-state index is 0.734. The molecule has 0 aliphatic heterocycles. The smallest absolute Gasteiger partial charge is 0.224 e. The van der Waals surface area contributed by atoms with E-state index in [1.54, 1.807) is 0 Å². The fraction of sp³-hybridized carbons (Fsp3) is 0.714. The molecule has 1 N–H and O–H groups in total. The van der Waals surface area contributed by atoms with Crippen molar-refractivity contribution in [2.45, 2.75) is 32.6 Å². The van der Waals surface area contributed by atoms with Gasteiger partial charge in [-0.1, -0.05) is 0 Å². The molecule has 5 heteroatoms. The van der Waals surface area contributed by atoms with Crippen molar-refractivity contribution in [1.29, 1.82) is 0 Å². The number of anilines is 2. The maximum Gasteiger partial charge on any atom is 0.224 e. The van der Waals surface area contributed by atoms with Gasteiger partial charge in [0.05, 0.1) is 4.47 Å². The van der Waals surface area contributed by atoms with Crippen LogP contribution in [0.3, 0.4) is 0 Å². The van der Waals surface area contributed by atoms with Crippen molar-refractivity contribution >= 4 is 27.7 Å². The molecule has 4 nitrogen and oxygen atoms in total. The molecule has 2 aliphatic rings. The van der Waals surface area contributed by atoms with Crippen molar-refractivity contribution in [1.82, 2.24) is 9.97 Å². The van der Waals surface area contributed by atoms with Gasteiger partial charge >= 0.3 is 0 Å². The average Bonchev–Trinajstić information content (AvgIpc) is 3.26. The maximum atomic E-state index is 4.68. The van der Waals surface area contributed by atoms with E-state index in [4.69, 9.17) is 0 Å². The largest absolute Gasteiger partial charge is 0.355 e. The molecule has 3 rings (SSSR count). The standard InChI is InChI=1S/C14H21BrN4/c1-2-16-14-17-7-12(15)13(18-14)19(8-10-3-4-10)9-11-5-6-11/h7,10-11H,2-6,8-9H2,1H3,(H,16,17,18). The number of hydrogen-bond acceptors (Lipinski definition) is 4. The Labute approximate surface area is 123 Å². The molecular formula is C14H21BrN4. The van der Waals surface area contributed by atoms with E-state index in [-0.39, 0.29) is 0 Å². The molecule has 1 aromatic heterocycles. The molecule has 1 heterocycles. The lowest BCUT2D eigenvalue weighted by molar-refractivity contribution is 0.669. The second kappa shape index (κ2) is 5.65. The zero-order valence-electron chi connectivity index (χ0n) is 11.4. The molecule has 0 unspecified atom stereocenters. The fourth-order valence-electron chi connectivity index (χ4n) is 2.29. The molecule has 0 atom stereocenters. The highest BCUT2D eigenvalue weighted by Gasteiger charge is 2.30. The molecule has 2 saturated carbocycles.